The van der Waals surface area contributed by atoms with Gasteiger partial charge in [0.25, 0.3) is 0 Å². The van der Waals surface area contributed by atoms with Gasteiger partial charge in [0.05, 0.1) is 16.9 Å². The Bertz CT molecular complexity index is 560. The van der Waals surface area contributed by atoms with Crippen LogP contribution in [0.25, 0.3) is 0 Å². The molecule has 1 saturated carbocycles. The van der Waals surface area contributed by atoms with Crippen molar-refractivity contribution in [1.82, 2.24) is 0 Å². The quantitative estimate of drug-likeness (QED) is 0.735. The van der Waals surface area contributed by atoms with Crippen molar-refractivity contribution in [3.8, 4) is 0 Å². The molecular formula is C15H18N2O3. The van der Waals surface area contributed by atoms with Gasteiger partial charge in [-0.25, -0.2) is 4.79 Å². The van der Waals surface area contributed by atoms with Gasteiger partial charge in [-0.3, -0.25) is 4.79 Å². The highest BCUT2D eigenvalue weighted by Crippen LogP contribution is 2.38. The standard InChI is InChI=1S/C15H18N2O3/c18-13(19)10-5-6-11-12(9-10)16-14(20)15(17-11)7-3-1-2-4-8-15/h5-6,9,17H,1-4,7-8H2,(H,16,20)(H,18,19). The Hall–Kier alpha value is -2.04. The summed E-state index contributed by atoms with van der Waals surface area (Å²) in [5.41, 5.74) is 1.04. The fourth-order valence-corrected chi connectivity index (χ4v) is 3.13. The van der Waals surface area contributed by atoms with E-state index in [1.807, 2.05) is 0 Å². The number of carboxylic acids is 1. The van der Waals surface area contributed by atoms with E-state index in [9.17, 15) is 9.59 Å². The number of fused-ring (bicyclic) bond motifs is 1. The Kier molecular flexibility index (Phi) is 3.12. The fourth-order valence-electron chi connectivity index (χ4n) is 3.13. The summed E-state index contributed by atoms with van der Waals surface area (Å²) < 4.78 is 0. The van der Waals surface area contributed by atoms with Gasteiger partial charge < -0.3 is 15.7 Å². The summed E-state index contributed by atoms with van der Waals surface area (Å²) in [6, 6.07) is 4.81. The van der Waals surface area contributed by atoms with Crippen molar-refractivity contribution in [2.75, 3.05) is 10.6 Å². The van der Waals surface area contributed by atoms with Gasteiger partial charge in [-0.2, -0.15) is 0 Å². The lowest BCUT2D eigenvalue weighted by Gasteiger charge is -2.38. The molecule has 5 nitrogen and oxygen atoms in total. The van der Waals surface area contributed by atoms with E-state index in [-0.39, 0.29) is 11.5 Å². The number of carboxylic acid groups (broad SMARTS) is 1. The normalized spacial score (nSPS) is 20.5. The Labute approximate surface area is 117 Å². The number of aromatic carboxylic acids is 1. The Morgan fingerprint density at radius 2 is 1.80 bits per heavy atom. The number of benzene rings is 1. The van der Waals surface area contributed by atoms with Gasteiger partial charge in [-0.05, 0) is 31.0 Å². The van der Waals surface area contributed by atoms with Crippen LogP contribution in [-0.4, -0.2) is 22.5 Å². The average molecular weight is 274 g/mol. The monoisotopic (exact) mass is 274 g/mol. The van der Waals surface area contributed by atoms with Gasteiger partial charge in [-0.15, -0.1) is 0 Å². The molecule has 0 unspecified atom stereocenters. The van der Waals surface area contributed by atoms with Crippen molar-refractivity contribution in [2.24, 2.45) is 0 Å². The van der Waals surface area contributed by atoms with E-state index in [1.165, 1.54) is 18.9 Å². The van der Waals surface area contributed by atoms with Crippen LogP contribution in [0.15, 0.2) is 18.2 Å². The lowest BCUT2D eigenvalue weighted by atomic mass is 9.86. The maximum Gasteiger partial charge on any atom is 0.335 e. The second-order valence-electron chi connectivity index (χ2n) is 5.64. The molecule has 3 N–H and O–H groups in total. The molecule has 2 aliphatic rings. The van der Waals surface area contributed by atoms with Crippen molar-refractivity contribution in [3.05, 3.63) is 23.8 Å². The van der Waals surface area contributed by atoms with Gasteiger partial charge in [0.15, 0.2) is 0 Å². The van der Waals surface area contributed by atoms with Crippen LogP contribution in [-0.2, 0) is 4.79 Å². The summed E-state index contributed by atoms with van der Waals surface area (Å²) in [5.74, 6) is -1.02. The SMILES string of the molecule is O=C(O)c1ccc2c(c1)NC(=O)C1(CCCCCC1)N2. The third-order valence-electron chi connectivity index (χ3n) is 4.28. The number of rotatable bonds is 1. The van der Waals surface area contributed by atoms with Gasteiger partial charge >= 0.3 is 5.97 Å². The average Bonchev–Trinajstić information content (AvgIpc) is 2.66. The predicted molar refractivity (Wildman–Crippen MR) is 76.1 cm³/mol. The predicted octanol–water partition coefficient (Wildman–Crippen LogP) is 2.84. The van der Waals surface area contributed by atoms with Crippen LogP contribution in [0.1, 0.15) is 48.9 Å². The summed E-state index contributed by atoms with van der Waals surface area (Å²) in [6.45, 7) is 0. The Morgan fingerprint density at radius 3 is 2.45 bits per heavy atom. The second-order valence-corrected chi connectivity index (χ2v) is 5.64. The van der Waals surface area contributed by atoms with E-state index in [4.69, 9.17) is 5.11 Å². The molecule has 1 aliphatic heterocycles. The zero-order chi connectivity index (χ0) is 14.2. The highest BCUT2D eigenvalue weighted by molar-refractivity contribution is 6.07. The third-order valence-corrected chi connectivity index (χ3v) is 4.28. The minimum atomic E-state index is -0.989. The number of carbonyl (C=O) groups is 2. The summed E-state index contributed by atoms with van der Waals surface area (Å²) in [4.78, 5) is 23.4. The van der Waals surface area contributed by atoms with E-state index in [0.29, 0.717) is 5.69 Å². The van der Waals surface area contributed by atoms with Gasteiger partial charge in [0.1, 0.15) is 5.54 Å². The molecule has 1 spiro atoms. The van der Waals surface area contributed by atoms with Crippen LogP contribution in [0.3, 0.4) is 0 Å². The molecule has 1 fully saturated rings. The van der Waals surface area contributed by atoms with Crippen LogP contribution in [0.5, 0.6) is 0 Å². The van der Waals surface area contributed by atoms with E-state index in [1.54, 1.807) is 12.1 Å². The van der Waals surface area contributed by atoms with E-state index in [2.05, 4.69) is 10.6 Å². The second kappa shape index (κ2) is 4.81. The number of hydrogen-bond donors (Lipinski definition) is 3. The molecule has 20 heavy (non-hydrogen) atoms. The molecule has 1 heterocycles. The zero-order valence-corrected chi connectivity index (χ0v) is 11.2. The molecule has 106 valence electrons. The molecule has 0 atom stereocenters. The third kappa shape index (κ3) is 2.13. The molecule has 0 saturated heterocycles. The molecular weight excluding hydrogens is 256 g/mol. The minimum Gasteiger partial charge on any atom is -0.478 e. The summed E-state index contributed by atoms with van der Waals surface area (Å²) in [6.07, 6.45) is 6.09. The highest BCUT2D eigenvalue weighted by Gasteiger charge is 2.41. The van der Waals surface area contributed by atoms with Crippen LogP contribution in [0.4, 0.5) is 11.4 Å². The van der Waals surface area contributed by atoms with Crippen LogP contribution in [0, 0.1) is 0 Å². The Balaban J connectivity index is 1.94. The summed E-state index contributed by atoms with van der Waals surface area (Å²) >= 11 is 0. The van der Waals surface area contributed by atoms with E-state index >= 15 is 0 Å². The fraction of sp³-hybridized carbons (Fsp3) is 0.467. The zero-order valence-electron chi connectivity index (χ0n) is 11.2. The van der Waals surface area contributed by atoms with E-state index in [0.717, 1.165) is 31.4 Å². The number of nitrogens with one attached hydrogen (secondary N) is 2. The van der Waals surface area contributed by atoms with Crippen molar-refractivity contribution in [2.45, 2.75) is 44.1 Å². The maximum absolute atomic E-state index is 12.4. The summed E-state index contributed by atoms with van der Waals surface area (Å²) in [7, 11) is 0. The number of amides is 1. The lowest BCUT2D eigenvalue weighted by molar-refractivity contribution is -0.121. The molecule has 0 aromatic heterocycles. The molecule has 0 radical (unpaired) electrons. The minimum absolute atomic E-state index is 0.0329. The van der Waals surface area contributed by atoms with Crippen LogP contribution < -0.4 is 10.6 Å². The van der Waals surface area contributed by atoms with Gasteiger partial charge in [-0.1, -0.05) is 25.7 Å². The van der Waals surface area contributed by atoms with Crippen molar-refractivity contribution in [1.29, 1.82) is 0 Å². The lowest BCUT2D eigenvalue weighted by Crippen LogP contribution is -2.52. The first-order valence-electron chi connectivity index (χ1n) is 7.08. The summed E-state index contributed by atoms with van der Waals surface area (Å²) in [5, 5.41) is 15.2. The smallest absolute Gasteiger partial charge is 0.335 e. The van der Waals surface area contributed by atoms with Crippen molar-refractivity contribution >= 4 is 23.3 Å². The molecule has 1 amide bonds. The maximum atomic E-state index is 12.4. The number of hydrogen-bond acceptors (Lipinski definition) is 3. The molecule has 1 aliphatic carbocycles. The molecule has 3 rings (SSSR count). The highest BCUT2D eigenvalue weighted by atomic mass is 16.4. The van der Waals surface area contributed by atoms with Crippen molar-refractivity contribution < 1.29 is 14.7 Å². The van der Waals surface area contributed by atoms with Gasteiger partial charge in [0.2, 0.25) is 5.91 Å². The first-order chi connectivity index (χ1) is 9.61. The molecule has 1 aromatic rings. The van der Waals surface area contributed by atoms with Gasteiger partial charge in [0, 0.05) is 0 Å². The van der Waals surface area contributed by atoms with E-state index < -0.39 is 11.5 Å². The van der Waals surface area contributed by atoms with Crippen LogP contribution in [0.2, 0.25) is 0 Å². The first kappa shape index (κ1) is 13.0. The number of anilines is 2. The van der Waals surface area contributed by atoms with Crippen molar-refractivity contribution in [3.63, 3.8) is 0 Å². The number of carbonyl (C=O) groups excluding carboxylic acids is 1. The topological polar surface area (TPSA) is 78.4 Å². The molecule has 1 aromatic carbocycles. The largest absolute Gasteiger partial charge is 0.478 e. The molecule has 0 bridgehead atoms. The Morgan fingerprint density at radius 1 is 1.10 bits per heavy atom. The van der Waals surface area contributed by atoms with Crippen LogP contribution >= 0.6 is 0 Å². The molecule has 5 heteroatoms. The first-order valence-corrected chi connectivity index (χ1v) is 7.08.